The molecule has 0 saturated carbocycles. The van der Waals surface area contributed by atoms with Gasteiger partial charge < -0.3 is 21.7 Å². The summed E-state index contributed by atoms with van der Waals surface area (Å²) in [5.74, 6) is 3.00. The quantitative estimate of drug-likeness (QED) is 0.536. The number of nitrogens with zero attached hydrogens (tertiary/aromatic N) is 2. The van der Waals surface area contributed by atoms with Gasteiger partial charge in [-0.15, -0.1) is 4.85 Å². The van der Waals surface area contributed by atoms with Gasteiger partial charge in [0.15, 0.2) is 7.41 Å². The standard InChI is InChI=1S/C9H20BN2.BF4/c1-5-11-9-10-12(6-2,7-3)8-4;2-1(3,4)5/h5-8H2,1-4H3;/q+1;-1. The predicted octanol–water partition coefficient (Wildman–Crippen LogP) is 3.09. The van der Waals surface area contributed by atoms with Crippen LogP contribution in [0.1, 0.15) is 27.7 Å². The fourth-order valence-electron chi connectivity index (χ4n) is 1.20. The van der Waals surface area contributed by atoms with Crippen LogP contribution in [0.2, 0.25) is 0 Å². The van der Waals surface area contributed by atoms with Crippen LogP contribution in [-0.4, -0.2) is 45.2 Å². The molecule has 0 heterocycles. The summed E-state index contributed by atoms with van der Waals surface area (Å²) in [7, 11) is -3.91. The summed E-state index contributed by atoms with van der Waals surface area (Å²) in [5, 5.41) is 0. The molecule has 0 aromatic carbocycles. The molecule has 0 aromatic heterocycles. The topological polar surface area (TPSA) is 4.36 Å². The van der Waals surface area contributed by atoms with E-state index in [2.05, 4.69) is 39.0 Å². The fraction of sp³-hybridized carbons (Fsp3) is 0.889. The maximum atomic E-state index is 9.75. The summed E-state index contributed by atoms with van der Waals surface area (Å²) in [6.45, 7) is 12.8. The van der Waals surface area contributed by atoms with Crippen LogP contribution in [0, 0.1) is 5.97 Å². The highest BCUT2D eigenvalue weighted by molar-refractivity contribution is 6.50. The van der Waals surface area contributed by atoms with Crippen LogP contribution in [0.25, 0.3) is 4.85 Å². The highest BCUT2D eigenvalue weighted by Crippen LogP contribution is 2.06. The highest BCUT2D eigenvalue weighted by atomic mass is 19.5. The third kappa shape index (κ3) is 13.2. The summed E-state index contributed by atoms with van der Waals surface area (Å²) in [6.07, 6.45) is 0. The summed E-state index contributed by atoms with van der Waals surface area (Å²) < 4.78 is 40.0. The second kappa shape index (κ2) is 9.34. The van der Waals surface area contributed by atoms with Crippen LogP contribution < -0.4 is 0 Å². The average Bonchev–Trinajstić information content (AvgIpc) is 2.23. The summed E-state index contributed by atoms with van der Waals surface area (Å²) in [4.78, 5) is 4.08. The van der Waals surface area contributed by atoms with Crippen LogP contribution >= 0.6 is 0 Å². The maximum Gasteiger partial charge on any atom is 0.673 e. The van der Waals surface area contributed by atoms with E-state index in [4.69, 9.17) is 0 Å². The van der Waals surface area contributed by atoms with Gasteiger partial charge in [-0.3, -0.25) is 0 Å². The first-order valence-corrected chi connectivity index (χ1v) is 5.74. The largest absolute Gasteiger partial charge is 0.673 e. The molecule has 0 aliphatic heterocycles. The van der Waals surface area contributed by atoms with Crippen molar-refractivity contribution in [3.63, 3.8) is 0 Å². The van der Waals surface area contributed by atoms with E-state index in [0.717, 1.165) is 30.6 Å². The van der Waals surface area contributed by atoms with E-state index in [-0.39, 0.29) is 0 Å². The second-order valence-electron chi connectivity index (χ2n) is 3.39. The van der Waals surface area contributed by atoms with Gasteiger partial charge in [-0.05, 0) is 20.8 Å². The fourth-order valence-corrected chi connectivity index (χ4v) is 1.20. The lowest BCUT2D eigenvalue weighted by Gasteiger charge is -2.45. The number of hydrogen-bond donors (Lipinski definition) is 0. The molecule has 17 heavy (non-hydrogen) atoms. The van der Waals surface area contributed by atoms with Gasteiger partial charge in [0.05, 0.1) is 0 Å². The highest BCUT2D eigenvalue weighted by Gasteiger charge is 2.20. The van der Waals surface area contributed by atoms with Crippen molar-refractivity contribution >= 4 is 14.7 Å². The third-order valence-corrected chi connectivity index (χ3v) is 2.47. The van der Waals surface area contributed by atoms with Crippen LogP contribution in [0.3, 0.4) is 0 Å². The molecule has 0 saturated heterocycles. The molecule has 0 aliphatic rings. The minimum Gasteiger partial charge on any atom is -0.545 e. The minimum absolute atomic E-state index is 0.827. The van der Waals surface area contributed by atoms with Crippen molar-refractivity contribution in [1.82, 2.24) is 0 Å². The van der Waals surface area contributed by atoms with Crippen molar-refractivity contribution in [3.8, 4) is 5.97 Å². The molecule has 0 N–H and O–H groups in total. The first kappa shape index (κ1) is 18.7. The van der Waals surface area contributed by atoms with Gasteiger partial charge in [0.1, 0.15) is 0 Å². The smallest absolute Gasteiger partial charge is 0.545 e. The molecule has 0 spiro atoms. The van der Waals surface area contributed by atoms with E-state index in [9.17, 15) is 17.3 Å². The summed E-state index contributed by atoms with van der Waals surface area (Å²) in [6, 6.07) is 0. The lowest BCUT2D eigenvalue weighted by atomic mass is 9.89. The van der Waals surface area contributed by atoms with Gasteiger partial charge in [-0.25, -0.2) is 0 Å². The van der Waals surface area contributed by atoms with Crippen molar-refractivity contribution in [1.29, 1.82) is 0 Å². The Kier molecular flexibility index (Phi) is 10.3. The van der Waals surface area contributed by atoms with Crippen molar-refractivity contribution in [2.45, 2.75) is 27.7 Å². The second-order valence-corrected chi connectivity index (χ2v) is 3.39. The zero-order chi connectivity index (χ0) is 13.9. The van der Waals surface area contributed by atoms with Crippen molar-refractivity contribution in [3.05, 3.63) is 4.85 Å². The molecule has 0 unspecified atom stereocenters. The Morgan fingerprint density at radius 1 is 1.00 bits per heavy atom. The molecule has 0 aliphatic carbocycles. The number of halogens is 4. The Morgan fingerprint density at radius 2 is 1.35 bits per heavy atom. The number of quaternary nitrogens is 1. The zero-order valence-electron chi connectivity index (χ0n) is 10.9. The maximum absolute atomic E-state index is 9.75. The van der Waals surface area contributed by atoms with E-state index >= 15 is 0 Å². The SMILES string of the molecule is CC[N+]#C[B-][N+](CC)(CC)CC.F[B-](F)(F)F. The molecule has 2 nitrogen and oxygen atoms in total. The molecule has 0 fully saturated rings. The van der Waals surface area contributed by atoms with Crippen molar-refractivity contribution in [2.24, 2.45) is 0 Å². The zero-order valence-corrected chi connectivity index (χ0v) is 10.9. The molecule has 0 atom stereocenters. The molecule has 2 radical (unpaired) electrons. The minimum atomic E-state index is -6.00. The van der Waals surface area contributed by atoms with Crippen molar-refractivity contribution in [2.75, 3.05) is 26.2 Å². The Morgan fingerprint density at radius 3 is 1.59 bits per heavy atom. The Balaban J connectivity index is 0. The van der Waals surface area contributed by atoms with E-state index < -0.39 is 7.25 Å². The molecule has 0 bridgehead atoms. The molecule has 0 rings (SSSR count). The van der Waals surface area contributed by atoms with E-state index in [0.29, 0.717) is 0 Å². The molecule has 100 valence electrons. The van der Waals surface area contributed by atoms with Gasteiger partial charge in [0, 0.05) is 32.5 Å². The molecular formula is C9H20B2F4N2. The summed E-state index contributed by atoms with van der Waals surface area (Å²) in [5.41, 5.74) is 0. The van der Waals surface area contributed by atoms with Gasteiger partial charge in [0.2, 0.25) is 0 Å². The van der Waals surface area contributed by atoms with Crippen LogP contribution in [0.5, 0.6) is 0 Å². The normalized spacial score (nSPS) is 11.1. The lowest BCUT2D eigenvalue weighted by Crippen LogP contribution is -2.50. The molecular weight excluding hydrogens is 234 g/mol. The third-order valence-electron chi connectivity index (χ3n) is 2.47. The van der Waals surface area contributed by atoms with Crippen LogP contribution in [0.15, 0.2) is 0 Å². The summed E-state index contributed by atoms with van der Waals surface area (Å²) >= 11 is 0. The van der Waals surface area contributed by atoms with E-state index in [1.54, 1.807) is 0 Å². The Hall–Kier alpha value is -0.700. The molecule has 0 aromatic rings. The van der Waals surface area contributed by atoms with Crippen LogP contribution in [0.4, 0.5) is 17.3 Å². The van der Waals surface area contributed by atoms with E-state index in [1.807, 2.05) is 6.92 Å². The Labute approximate surface area is 102 Å². The first-order valence-electron chi connectivity index (χ1n) is 5.74. The van der Waals surface area contributed by atoms with Gasteiger partial charge >= 0.3 is 7.25 Å². The van der Waals surface area contributed by atoms with Gasteiger partial charge in [-0.1, -0.05) is 0 Å². The van der Waals surface area contributed by atoms with E-state index in [1.165, 1.54) is 0 Å². The van der Waals surface area contributed by atoms with Crippen molar-refractivity contribution < 1.29 is 21.7 Å². The number of hydrogen-bond acceptors (Lipinski definition) is 0. The first-order chi connectivity index (χ1) is 7.74. The predicted molar refractivity (Wildman–Crippen MR) is 65.6 cm³/mol. The monoisotopic (exact) mass is 254 g/mol. The molecule has 0 amide bonds. The number of rotatable bonds is 4. The lowest BCUT2D eigenvalue weighted by molar-refractivity contribution is -0.815. The Bertz CT molecular complexity index is 229. The van der Waals surface area contributed by atoms with Gasteiger partial charge in [0.25, 0.3) is 6.54 Å². The molecule has 8 heteroatoms. The van der Waals surface area contributed by atoms with Gasteiger partial charge in [-0.2, -0.15) is 0 Å². The van der Waals surface area contributed by atoms with Crippen LogP contribution in [-0.2, 0) is 0 Å². The average molecular weight is 254 g/mol.